The third-order valence-corrected chi connectivity index (χ3v) is 2.69. The molecule has 1 N–H and O–H groups in total. The van der Waals surface area contributed by atoms with Crippen molar-refractivity contribution < 1.29 is 9.53 Å². The summed E-state index contributed by atoms with van der Waals surface area (Å²) >= 11 is 0. The molecule has 0 radical (unpaired) electrons. The van der Waals surface area contributed by atoms with Crippen LogP contribution in [-0.4, -0.2) is 50.7 Å². The highest BCUT2D eigenvalue weighted by atomic mass is 35.5. The van der Waals surface area contributed by atoms with Crippen molar-refractivity contribution in [3.63, 3.8) is 0 Å². The zero-order valence-corrected chi connectivity index (χ0v) is 10.9. The Labute approximate surface area is 104 Å². The van der Waals surface area contributed by atoms with E-state index in [2.05, 4.69) is 10.2 Å². The number of amides is 1. The zero-order valence-electron chi connectivity index (χ0n) is 10.0. The lowest BCUT2D eigenvalue weighted by Gasteiger charge is -2.18. The molecule has 4 nitrogen and oxygen atoms in total. The second-order valence-electron chi connectivity index (χ2n) is 4.03. The van der Waals surface area contributed by atoms with Crippen molar-refractivity contribution >= 4 is 18.3 Å². The van der Waals surface area contributed by atoms with E-state index in [1.165, 1.54) is 25.7 Å². The molecule has 1 aliphatic heterocycles. The van der Waals surface area contributed by atoms with Crippen LogP contribution < -0.4 is 5.32 Å². The fourth-order valence-electron chi connectivity index (χ4n) is 1.85. The molecular formula is C11H23ClN2O2. The van der Waals surface area contributed by atoms with E-state index in [1.54, 1.807) is 7.11 Å². The van der Waals surface area contributed by atoms with E-state index in [0.29, 0.717) is 19.7 Å². The summed E-state index contributed by atoms with van der Waals surface area (Å²) in [5.41, 5.74) is 0. The Kier molecular flexibility index (Phi) is 9.68. The van der Waals surface area contributed by atoms with Crippen molar-refractivity contribution in [3.8, 4) is 0 Å². The molecule has 0 aromatic carbocycles. The molecule has 0 saturated carbocycles. The molecule has 0 aliphatic carbocycles. The van der Waals surface area contributed by atoms with E-state index in [4.69, 9.17) is 4.74 Å². The summed E-state index contributed by atoms with van der Waals surface area (Å²) in [7, 11) is 1.64. The first-order chi connectivity index (χ1) is 7.33. The molecule has 96 valence electrons. The quantitative estimate of drug-likeness (QED) is 0.742. The normalized spacial score (nSPS) is 17.3. The third-order valence-electron chi connectivity index (χ3n) is 2.69. The average Bonchev–Trinajstić information content (AvgIpc) is 2.47. The smallest absolute Gasteiger partial charge is 0.234 e. The Morgan fingerprint density at radius 3 is 2.44 bits per heavy atom. The number of nitrogens with zero attached hydrogens (tertiary/aromatic N) is 1. The van der Waals surface area contributed by atoms with Gasteiger partial charge in [0.25, 0.3) is 0 Å². The van der Waals surface area contributed by atoms with Crippen LogP contribution in [0.4, 0.5) is 0 Å². The number of nitrogens with one attached hydrogen (secondary N) is 1. The second kappa shape index (κ2) is 9.87. The van der Waals surface area contributed by atoms with Gasteiger partial charge in [-0.2, -0.15) is 0 Å². The Morgan fingerprint density at radius 1 is 1.25 bits per heavy atom. The molecule has 5 heteroatoms. The molecular weight excluding hydrogens is 228 g/mol. The molecule has 1 fully saturated rings. The van der Waals surface area contributed by atoms with E-state index in [-0.39, 0.29) is 18.3 Å². The molecule has 0 aromatic heterocycles. The summed E-state index contributed by atoms with van der Waals surface area (Å²) in [4.78, 5) is 13.7. The lowest BCUT2D eigenvalue weighted by Crippen LogP contribution is -2.38. The molecule has 1 heterocycles. The van der Waals surface area contributed by atoms with Gasteiger partial charge in [0, 0.05) is 13.7 Å². The SMILES string of the molecule is COCCNC(=O)CN1CCCCCC1.Cl. The van der Waals surface area contributed by atoms with Gasteiger partial charge in [-0.15, -0.1) is 12.4 Å². The van der Waals surface area contributed by atoms with Crippen molar-refractivity contribution in [1.82, 2.24) is 10.2 Å². The van der Waals surface area contributed by atoms with Crippen LogP contribution >= 0.6 is 12.4 Å². The van der Waals surface area contributed by atoms with Crippen molar-refractivity contribution in [3.05, 3.63) is 0 Å². The minimum Gasteiger partial charge on any atom is -0.383 e. The van der Waals surface area contributed by atoms with Crippen LogP contribution in [0.2, 0.25) is 0 Å². The van der Waals surface area contributed by atoms with Gasteiger partial charge in [0.15, 0.2) is 0 Å². The van der Waals surface area contributed by atoms with Gasteiger partial charge in [-0.05, 0) is 25.9 Å². The molecule has 1 aliphatic rings. The summed E-state index contributed by atoms with van der Waals surface area (Å²) < 4.78 is 4.87. The number of rotatable bonds is 5. The monoisotopic (exact) mass is 250 g/mol. The van der Waals surface area contributed by atoms with E-state index in [1.807, 2.05) is 0 Å². The van der Waals surface area contributed by atoms with Gasteiger partial charge in [0.2, 0.25) is 5.91 Å². The zero-order chi connectivity index (χ0) is 10.9. The van der Waals surface area contributed by atoms with Crippen LogP contribution in [0.5, 0.6) is 0 Å². The molecule has 1 amide bonds. The number of hydrogen-bond acceptors (Lipinski definition) is 3. The van der Waals surface area contributed by atoms with Gasteiger partial charge in [-0.25, -0.2) is 0 Å². The fourth-order valence-corrected chi connectivity index (χ4v) is 1.85. The van der Waals surface area contributed by atoms with E-state index >= 15 is 0 Å². The van der Waals surface area contributed by atoms with Gasteiger partial charge in [0.1, 0.15) is 0 Å². The van der Waals surface area contributed by atoms with Crippen LogP contribution in [-0.2, 0) is 9.53 Å². The maximum absolute atomic E-state index is 11.5. The highest BCUT2D eigenvalue weighted by Gasteiger charge is 2.12. The Hall–Kier alpha value is -0.320. The Balaban J connectivity index is 0.00000225. The minimum absolute atomic E-state index is 0. The van der Waals surface area contributed by atoms with Crippen LogP contribution in [0.1, 0.15) is 25.7 Å². The number of hydrogen-bond donors (Lipinski definition) is 1. The molecule has 1 rings (SSSR count). The van der Waals surface area contributed by atoms with E-state index < -0.39 is 0 Å². The lowest BCUT2D eigenvalue weighted by molar-refractivity contribution is -0.122. The Morgan fingerprint density at radius 2 is 1.88 bits per heavy atom. The lowest BCUT2D eigenvalue weighted by atomic mass is 10.2. The highest BCUT2D eigenvalue weighted by Crippen LogP contribution is 2.08. The van der Waals surface area contributed by atoms with E-state index in [0.717, 1.165) is 13.1 Å². The van der Waals surface area contributed by atoms with Gasteiger partial charge >= 0.3 is 0 Å². The first kappa shape index (κ1) is 15.7. The van der Waals surface area contributed by atoms with Crippen LogP contribution in [0, 0.1) is 0 Å². The topological polar surface area (TPSA) is 41.6 Å². The number of carbonyl (C=O) groups excluding carboxylic acids is 1. The van der Waals surface area contributed by atoms with Crippen molar-refractivity contribution in [2.45, 2.75) is 25.7 Å². The fraction of sp³-hybridized carbons (Fsp3) is 0.909. The highest BCUT2D eigenvalue weighted by molar-refractivity contribution is 5.85. The number of likely N-dealkylation sites (tertiary alicyclic amines) is 1. The van der Waals surface area contributed by atoms with Crippen LogP contribution in [0.15, 0.2) is 0 Å². The minimum atomic E-state index is 0. The summed E-state index contributed by atoms with van der Waals surface area (Å²) in [6, 6.07) is 0. The summed E-state index contributed by atoms with van der Waals surface area (Å²) in [6.45, 7) is 3.88. The van der Waals surface area contributed by atoms with Gasteiger partial charge in [-0.1, -0.05) is 12.8 Å². The van der Waals surface area contributed by atoms with Crippen molar-refractivity contribution in [2.75, 3.05) is 39.9 Å². The molecule has 0 unspecified atom stereocenters. The van der Waals surface area contributed by atoms with Crippen LogP contribution in [0.3, 0.4) is 0 Å². The van der Waals surface area contributed by atoms with Crippen LogP contribution in [0.25, 0.3) is 0 Å². The second-order valence-corrected chi connectivity index (χ2v) is 4.03. The number of methoxy groups -OCH3 is 1. The number of carbonyl (C=O) groups is 1. The average molecular weight is 251 g/mol. The molecule has 0 spiro atoms. The third kappa shape index (κ3) is 7.04. The van der Waals surface area contributed by atoms with Crippen molar-refractivity contribution in [2.24, 2.45) is 0 Å². The first-order valence-electron chi connectivity index (χ1n) is 5.81. The molecule has 0 atom stereocenters. The number of halogens is 1. The molecule has 0 aromatic rings. The maximum Gasteiger partial charge on any atom is 0.234 e. The van der Waals surface area contributed by atoms with E-state index in [9.17, 15) is 4.79 Å². The largest absolute Gasteiger partial charge is 0.383 e. The first-order valence-corrected chi connectivity index (χ1v) is 5.81. The maximum atomic E-state index is 11.5. The van der Waals surface area contributed by atoms with Crippen molar-refractivity contribution in [1.29, 1.82) is 0 Å². The Bertz CT molecular complexity index is 183. The summed E-state index contributed by atoms with van der Waals surface area (Å²) in [5.74, 6) is 0.119. The van der Waals surface area contributed by atoms with Gasteiger partial charge in [-0.3, -0.25) is 9.69 Å². The summed E-state index contributed by atoms with van der Waals surface area (Å²) in [5, 5.41) is 2.85. The molecule has 16 heavy (non-hydrogen) atoms. The van der Waals surface area contributed by atoms with Gasteiger partial charge < -0.3 is 10.1 Å². The number of ether oxygens (including phenoxy) is 1. The van der Waals surface area contributed by atoms with Gasteiger partial charge in [0.05, 0.1) is 13.2 Å². The predicted octanol–water partition coefficient (Wildman–Crippen LogP) is 1.05. The predicted molar refractivity (Wildman–Crippen MR) is 67.0 cm³/mol. The standard InChI is InChI=1S/C11H22N2O2.ClH/c1-15-9-6-12-11(14)10-13-7-4-2-3-5-8-13;/h2-10H2,1H3,(H,12,14);1H. The molecule has 1 saturated heterocycles. The molecule has 0 bridgehead atoms. The summed E-state index contributed by atoms with van der Waals surface area (Å²) in [6.07, 6.45) is 5.07.